The van der Waals surface area contributed by atoms with E-state index in [0.717, 1.165) is 5.56 Å². The quantitative estimate of drug-likeness (QED) is 0.810. The van der Waals surface area contributed by atoms with Gasteiger partial charge in [-0.3, -0.25) is 4.79 Å². The third-order valence-electron chi connectivity index (χ3n) is 2.90. The minimum absolute atomic E-state index is 0.215. The molecule has 1 atom stereocenters. The van der Waals surface area contributed by atoms with Gasteiger partial charge in [0.25, 0.3) is 0 Å². The molecule has 0 aromatic heterocycles. The molecule has 0 aliphatic rings. The van der Waals surface area contributed by atoms with E-state index < -0.39 is 12.0 Å². The summed E-state index contributed by atoms with van der Waals surface area (Å²) in [6, 6.07) is 4.47. The van der Waals surface area contributed by atoms with Gasteiger partial charge in [-0.15, -0.1) is 0 Å². The van der Waals surface area contributed by atoms with Gasteiger partial charge in [0.2, 0.25) is 5.91 Å². The van der Waals surface area contributed by atoms with Crippen molar-refractivity contribution in [3.63, 3.8) is 0 Å². The molecule has 6 heteroatoms. The summed E-state index contributed by atoms with van der Waals surface area (Å²) in [5.74, 6) is -0.726. The molecule has 0 spiro atoms. The van der Waals surface area contributed by atoms with Gasteiger partial charge in [0, 0.05) is 6.42 Å². The van der Waals surface area contributed by atoms with Gasteiger partial charge in [-0.1, -0.05) is 24.6 Å². The zero-order chi connectivity index (χ0) is 15.1. The van der Waals surface area contributed by atoms with Gasteiger partial charge in [-0.05, 0) is 30.5 Å². The molecule has 0 radical (unpaired) electrons. The standard InChI is InChI=1S/C14H18ClNO4/c1-3-11(14(18)19)16-13(17)7-5-9-4-6-12(20-2)10(15)8-9/h4,6,8,11H,3,5,7H2,1-2H3,(H,16,17)(H,18,19). The molecule has 1 aromatic rings. The number of rotatable bonds is 7. The van der Waals surface area contributed by atoms with E-state index in [4.69, 9.17) is 21.4 Å². The summed E-state index contributed by atoms with van der Waals surface area (Å²) in [5, 5.41) is 11.8. The lowest BCUT2D eigenvalue weighted by molar-refractivity contribution is -0.141. The van der Waals surface area contributed by atoms with Crippen LogP contribution in [-0.2, 0) is 16.0 Å². The van der Waals surface area contributed by atoms with Crippen molar-refractivity contribution >= 4 is 23.5 Å². The largest absolute Gasteiger partial charge is 0.495 e. The number of ether oxygens (including phenoxy) is 1. The molecule has 1 unspecified atom stereocenters. The third-order valence-corrected chi connectivity index (χ3v) is 3.19. The molecule has 110 valence electrons. The first kappa shape index (κ1) is 16.3. The van der Waals surface area contributed by atoms with Crippen molar-refractivity contribution in [2.24, 2.45) is 0 Å². The van der Waals surface area contributed by atoms with Crippen molar-refractivity contribution in [3.8, 4) is 5.75 Å². The summed E-state index contributed by atoms with van der Waals surface area (Å²) in [7, 11) is 1.53. The first-order valence-electron chi connectivity index (χ1n) is 6.32. The van der Waals surface area contributed by atoms with Crippen molar-refractivity contribution in [1.29, 1.82) is 0 Å². The van der Waals surface area contributed by atoms with Crippen molar-refractivity contribution in [1.82, 2.24) is 5.32 Å². The fourth-order valence-corrected chi connectivity index (χ4v) is 2.01. The smallest absolute Gasteiger partial charge is 0.326 e. The molecule has 0 bridgehead atoms. The number of carbonyl (C=O) groups is 2. The summed E-state index contributed by atoms with van der Waals surface area (Å²) in [6.07, 6.45) is 1.06. The molecule has 5 nitrogen and oxygen atoms in total. The van der Waals surface area contributed by atoms with Gasteiger partial charge in [0.1, 0.15) is 11.8 Å². The normalized spacial score (nSPS) is 11.8. The van der Waals surface area contributed by atoms with E-state index >= 15 is 0 Å². The first-order valence-corrected chi connectivity index (χ1v) is 6.70. The maximum atomic E-state index is 11.7. The fourth-order valence-electron chi connectivity index (χ4n) is 1.73. The van der Waals surface area contributed by atoms with Gasteiger partial charge < -0.3 is 15.2 Å². The number of halogens is 1. The lowest BCUT2D eigenvalue weighted by atomic mass is 10.1. The van der Waals surface area contributed by atoms with E-state index in [-0.39, 0.29) is 12.3 Å². The number of carbonyl (C=O) groups excluding carboxylic acids is 1. The Balaban J connectivity index is 2.52. The Hall–Kier alpha value is -1.75. The van der Waals surface area contributed by atoms with E-state index in [1.165, 1.54) is 7.11 Å². The maximum absolute atomic E-state index is 11.7. The second-order valence-electron chi connectivity index (χ2n) is 4.34. The minimum Gasteiger partial charge on any atom is -0.495 e. The van der Waals surface area contributed by atoms with Crippen LogP contribution in [0.1, 0.15) is 25.3 Å². The predicted molar refractivity (Wildman–Crippen MR) is 76.2 cm³/mol. The van der Waals surface area contributed by atoms with Gasteiger partial charge in [-0.2, -0.15) is 0 Å². The zero-order valence-electron chi connectivity index (χ0n) is 11.5. The molecule has 0 fully saturated rings. The molecule has 1 aromatic carbocycles. The predicted octanol–water partition coefficient (Wildman–Crippen LogP) is 2.26. The minimum atomic E-state index is -1.02. The number of nitrogens with one attached hydrogen (secondary N) is 1. The molecule has 0 saturated heterocycles. The monoisotopic (exact) mass is 299 g/mol. The summed E-state index contributed by atoms with van der Waals surface area (Å²) < 4.78 is 5.04. The van der Waals surface area contributed by atoms with Crippen LogP contribution in [0.5, 0.6) is 5.75 Å². The fraction of sp³-hybridized carbons (Fsp3) is 0.429. The first-order chi connectivity index (χ1) is 9.47. The lowest BCUT2D eigenvalue weighted by Crippen LogP contribution is -2.40. The van der Waals surface area contributed by atoms with E-state index in [2.05, 4.69) is 5.32 Å². The SMILES string of the molecule is CCC(NC(=O)CCc1ccc(OC)c(Cl)c1)C(=O)O. The summed E-state index contributed by atoms with van der Waals surface area (Å²) >= 11 is 5.99. The van der Waals surface area contributed by atoms with E-state index in [1.54, 1.807) is 19.1 Å². The van der Waals surface area contributed by atoms with Crippen LogP contribution in [0.4, 0.5) is 0 Å². The molecular weight excluding hydrogens is 282 g/mol. The van der Waals surface area contributed by atoms with Gasteiger partial charge in [-0.25, -0.2) is 4.79 Å². The molecule has 0 aliphatic carbocycles. The number of hydrogen-bond donors (Lipinski definition) is 2. The molecule has 0 heterocycles. The molecule has 1 rings (SSSR count). The Morgan fingerprint density at radius 1 is 1.45 bits per heavy atom. The Morgan fingerprint density at radius 3 is 2.65 bits per heavy atom. The zero-order valence-corrected chi connectivity index (χ0v) is 12.2. The van der Waals surface area contributed by atoms with Crippen LogP contribution in [-0.4, -0.2) is 30.1 Å². The topological polar surface area (TPSA) is 75.6 Å². The van der Waals surface area contributed by atoms with Crippen molar-refractivity contribution in [2.75, 3.05) is 7.11 Å². The molecule has 0 saturated carbocycles. The van der Waals surface area contributed by atoms with Crippen LogP contribution in [0.3, 0.4) is 0 Å². The number of methoxy groups -OCH3 is 1. The number of aryl methyl sites for hydroxylation is 1. The highest BCUT2D eigenvalue weighted by molar-refractivity contribution is 6.32. The second-order valence-corrected chi connectivity index (χ2v) is 4.74. The average Bonchev–Trinajstić information content (AvgIpc) is 2.42. The van der Waals surface area contributed by atoms with Crippen LogP contribution in [0.15, 0.2) is 18.2 Å². The van der Waals surface area contributed by atoms with Crippen LogP contribution in [0, 0.1) is 0 Å². The molecule has 20 heavy (non-hydrogen) atoms. The molecular formula is C14H18ClNO4. The van der Waals surface area contributed by atoms with Crippen molar-refractivity contribution in [2.45, 2.75) is 32.2 Å². The van der Waals surface area contributed by atoms with Crippen LogP contribution < -0.4 is 10.1 Å². The van der Waals surface area contributed by atoms with Crippen molar-refractivity contribution in [3.05, 3.63) is 28.8 Å². The Bertz CT molecular complexity index is 490. The van der Waals surface area contributed by atoms with E-state index in [9.17, 15) is 9.59 Å². The van der Waals surface area contributed by atoms with Gasteiger partial charge >= 0.3 is 5.97 Å². The highest BCUT2D eigenvalue weighted by atomic mass is 35.5. The lowest BCUT2D eigenvalue weighted by Gasteiger charge is -2.12. The number of amides is 1. The number of aliphatic carboxylic acids is 1. The van der Waals surface area contributed by atoms with Crippen LogP contribution >= 0.6 is 11.6 Å². The average molecular weight is 300 g/mol. The van der Waals surface area contributed by atoms with Crippen molar-refractivity contribution < 1.29 is 19.4 Å². The number of carboxylic acids is 1. The Labute approximate surface area is 122 Å². The maximum Gasteiger partial charge on any atom is 0.326 e. The van der Waals surface area contributed by atoms with Gasteiger partial charge in [0.05, 0.1) is 12.1 Å². The molecule has 0 aliphatic heterocycles. The highest BCUT2D eigenvalue weighted by Gasteiger charge is 2.17. The number of carboxylic acid groups (broad SMARTS) is 1. The van der Waals surface area contributed by atoms with Gasteiger partial charge in [0.15, 0.2) is 0 Å². The van der Waals surface area contributed by atoms with E-state index in [0.29, 0.717) is 23.6 Å². The summed E-state index contributed by atoms with van der Waals surface area (Å²) in [4.78, 5) is 22.5. The van der Waals surface area contributed by atoms with E-state index in [1.807, 2.05) is 6.07 Å². The molecule has 2 N–H and O–H groups in total. The molecule has 1 amide bonds. The highest BCUT2D eigenvalue weighted by Crippen LogP contribution is 2.25. The van der Waals surface area contributed by atoms with Crippen LogP contribution in [0.2, 0.25) is 5.02 Å². The Morgan fingerprint density at radius 2 is 2.15 bits per heavy atom. The summed E-state index contributed by atoms with van der Waals surface area (Å²) in [5.41, 5.74) is 0.898. The third kappa shape index (κ3) is 4.74. The number of benzene rings is 1. The Kier molecular flexibility index (Phi) is 6.31. The number of hydrogen-bond acceptors (Lipinski definition) is 3. The second kappa shape index (κ2) is 7.75. The van der Waals surface area contributed by atoms with Crippen LogP contribution in [0.25, 0.3) is 0 Å². The summed E-state index contributed by atoms with van der Waals surface area (Å²) in [6.45, 7) is 1.71.